The highest BCUT2D eigenvalue weighted by atomic mass is 16.5. The number of nitrogens with one attached hydrogen (secondary N) is 1. The monoisotopic (exact) mass is 276 g/mol. The van der Waals surface area contributed by atoms with E-state index in [1.165, 1.54) is 0 Å². The van der Waals surface area contributed by atoms with Gasteiger partial charge < -0.3 is 15.2 Å². The summed E-state index contributed by atoms with van der Waals surface area (Å²) in [5.74, 6) is -1.36. The van der Waals surface area contributed by atoms with Crippen molar-refractivity contribution < 1.29 is 19.4 Å². The Hall–Kier alpha value is -2.55. The number of nitrogens with zero attached hydrogens (tertiary/aromatic N) is 1. The van der Waals surface area contributed by atoms with Gasteiger partial charge in [-0.15, -0.1) is 0 Å². The van der Waals surface area contributed by atoms with Gasteiger partial charge in [0.1, 0.15) is 11.8 Å². The van der Waals surface area contributed by atoms with Gasteiger partial charge in [0.2, 0.25) is 0 Å². The van der Waals surface area contributed by atoms with Crippen molar-refractivity contribution in [2.45, 2.75) is 19.9 Å². The number of amides is 1. The SMILES string of the molecule is CC(C)[C@H](NC(=O)COc1ccc(C#N)cc1)C(=O)O. The number of hydrogen-bond donors (Lipinski definition) is 2. The molecular weight excluding hydrogens is 260 g/mol. The fraction of sp³-hybridized carbons (Fsp3) is 0.357. The predicted molar refractivity (Wildman–Crippen MR) is 71.1 cm³/mol. The lowest BCUT2D eigenvalue weighted by Gasteiger charge is -2.17. The molecule has 2 N–H and O–H groups in total. The molecule has 1 atom stereocenters. The van der Waals surface area contributed by atoms with E-state index in [2.05, 4.69) is 5.32 Å². The van der Waals surface area contributed by atoms with Gasteiger partial charge in [-0.1, -0.05) is 13.8 Å². The quantitative estimate of drug-likeness (QED) is 0.812. The van der Waals surface area contributed by atoms with Crippen molar-refractivity contribution in [3.05, 3.63) is 29.8 Å². The molecule has 0 unspecified atom stereocenters. The van der Waals surface area contributed by atoms with Crippen LogP contribution in [-0.4, -0.2) is 29.6 Å². The molecule has 0 radical (unpaired) electrons. The van der Waals surface area contributed by atoms with Crippen molar-refractivity contribution in [1.82, 2.24) is 5.32 Å². The molecule has 0 aliphatic rings. The van der Waals surface area contributed by atoms with Gasteiger partial charge in [0, 0.05) is 0 Å². The van der Waals surface area contributed by atoms with E-state index in [4.69, 9.17) is 15.1 Å². The molecule has 1 aromatic carbocycles. The van der Waals surface area contributed by atoms with Crippen LogP contribution in [0.5, 0.6) is 5.75 Å². The van der Waals surface area contributed by atoms with E-state index >= 15 is 0 Å². The van der Waals surface area contributed by atoms with Crippen LogP contribution in [0.25, 0.3) is 0 Å². The highest BCUT2D eigenvalue weighted by Gasteiger charge is 2.23. The first-order valence-electron chi connectivity index (χ1n) is 6.09. The third kappa shape index (κ3) is 4.61. The molecule has 6 heteroatoms. The smallest absolute Gasteiger partial charge is 0.326 e. The molecule has 1 aromatic rings. The average molecular weight is 276 g/mol. The van der Waals surface area contributed by atoms with Crippen LogP contribution in [0.3, 0.4) is 0 Å². The molecule has 1 rings (SSSR count). The number of ether oxygens (including phenoxy) is 1. The summed E-state index contributed by atoms with van der Waals surface area (Å²) in [5.41, 5.74) is 0.493. The Labute approximate surface area is 117 Å². The molecule has 0 saturated heterocycles. The van der Waals surface area contributed by atoms with E-state index < -0.39 is 17.9 Å². The Kier molecular flexibility index (Phi) is 5.54. The van der Waals surface area contributed by atoms with E-state index in [-0.39, 0.29) is 12.5 Å². The third-order valence-electron chi connectivity index (χ3n) is 2.60. The molecule has 0 bridgehead atoms. The lowest BCUT2D eigenvalue weighted by atomic mass is 10.1. The number of carbonyl (C=O) groups excluding carboxylic acids is 1. The number of carbonyl (C=O) groups is 2. The van der Waals surface area contributed by atoms with E-state index in [9.17, 15) is 9.59 Å². The van der Waals surface area contributed by atoms with Crippen molar-refractivity contribution in [2.24, 2.45) is 5.92 Å². The summed E-state index contributed by atoms with van der Waals surface area (Å²) in [5, 5.41) is 20.0. The van der Waals surface area contributed by atoms with Crippen molar-refractivity contribution in [1.29, 1.82) is 5.26 Å². The standard InChI is InChI=1S/C14H16N2O4/c1-9(2)13(14(18)19)16-12(17)8-20-11-5-3-10(7-15)4-6-11/h3-6,9,13H,8H2,1-2H3,(H,16,17)(H,18,19)/t13-/m0/s1. The zero-order valence-electron chi connectivity index (χ0n) is 11.3. The second-order valence-electron chi connectivity index (χ2n) is 4.55. The fourth-order valence-electron chi connectivity index (χ4n) is 1.50. The number of aliphatic carboxylic acids is 1. The lowest BCUT2D eigenvalue weighted by Crippen LogP contribution is -2.46. The highest BCUT2D eigenvalue weighted by molar-refractivity contribution is 5.84. The van der Waals surface area contributed by atoms with E-state index in [1.54, 1.807) is 38.1 Å². The second-order valence-corrected chi connectivity index (χ2v) is 4.55. The van der Waals surface area contributed by atoms with Crippen molar-refractivity contribution in [2.75, 3.05) is 6.61 Å². The van der Waals surface area contributed by atoms with Gasteiger partial charge in [-0.25, -0.2) is 4.79 Å². The summed E-state index contributed by atoms with van der Waals surface area (Å²) in [6.07, 6.45) is 0. The number of carboxylic acids is 1. The van der Waals surface area contributed by atoms with Gasteiger partial charge >= 0.3 is 5.97 Å². The minimum absolute atomic E-state index is 0.216. The Morgan fingerprint density at radius 1 is 1.35 bits per heavy atom. The Morgan fingerprint density at radius 2 is 1.95 bits per heavy atom. The molecule has 1 amide bonds. The zero-order chi connectivity index (χ0) is 15.1. The molecule has 0 aromatic heterocycles. The number of nitriles is 1. The number of hydrogen-bond acceptors (Lipinski definition) is 4. The first-order valence-corrected chi connectivity index (χ1v) is 6.09. The molecule has 6 nitrogen and oxygen atoms in total. The first kappa shape index (κ1) is 15.5. The molecular formula is C14H16N2O4. The average Bonchev–Trinajstić information content (AvgIpc) is 2.42. The molecule has 0 spiro atoms. The topological polar surface area (TPSA) is 99.4 Å². The summed E-state index contributed by atoms with van der Waals surface area (Å²) in [6.45, 7) is 3.14. The lowest BCUT2D eigenvalue weighted by molar-refractivity contribution is -0.143. The molecule has 0 aliphatic carbocycles. The fourth-order valence-corrected chi connectivity index (χ4v) is 1.50. The molecule has 0 aliphatic heterocycles. The Bertz CT molecular complexity index is 517. The van der Waals surface area contributed by atoms with Crippen LogP contribution in [0.15, 0.2) is 24.3 Å². The van der Waals surface area contributed by atoms with Crippen LogP contribution in [0.4, 0.5) is 0 Å². The summed E-state index contributed by atoms with van der Waals surface area (Å²) in [6, 6.07) is 7.32. The third-order valence-corrected chi connectivity index (χ3v) is 2.60. The minimum atomic E-state index is -1.08. The normalized spacial score (nSPS) is 11.5. The summed E-state index contributed by atoms with van der Waals surface area (Å²) in [7, 11) is 0. The van der Waals surface area contributed by atoms with E-state index in [0.717, 1.165) is 0 Å². The van der Waals surface area contributed by atoms with Gasteiger partial charge in [0.15, 0.2) is 6.61 Å². The van der Waals surface area contributed by atoms with Gasteiger partial charge in [-0.2, -0.15) is 5.26 Å². The zero-order valence-corrected chi connectivity index (χ0v) is 11.3. The van der Waals surface area contributed by atoms with Crippen LogP contribution in [-0.2, 0) is 9.59 Å². The maximum absolute atomic E-state index is 11.6. The maximum atomic E-state index is 11.6. The summed E-state index contributed by atoms with van der Waals surface area (Å²) < 4.78 is 5.21. The van der Waals surface area contributed by atoms with Crippen molar-refractivity contribution in [3.8, 4) is 11.8 Å². The van der Waals surface area contributed by atoms with Crippen LogP contribution in [0, 0.1) is 17.2 Å². The van der Waals surface area contributed by atoms with E-state index in [1.807, 2.05) is 6.07 Å². The van der Waals surface area contributed by atoms with E-state index in [0.29, 0.717) is 11.3 Å². The van der Waals surface area contributed by atoms with Gasteiger partial charge in [-0.3, -0.25) is 4.79 Å². The Balaban J connectivity index is 2.50. The van der Waals surface area contributed by atoms with Crippen LogP contribution < -0.4 is 10.1 Å². The Morgan fingerprint density at radius 3 is 2.40 bits per heavy atom. The first-order chi connectivity index (χ1) is 9.43. The van der Waals surface area contributed by atoms with Gasteiger partial charge in [0.05, 0.1) is 11.6 Å². The van der Waals surface area contributed by atoms with Crippen LogP contribution in [0.1, 0.15) is 19.4 Å². The van der Waals surface area contributed by atoms with Crippen LogP contribution >= 0.6 is 0 Å². The highest BCUT2D eigenvalue weighted by Crippen LogP contribution is 2.11. The van der Waals surface area contributed by atoms with Crippen LogP contribution in [0.2, 0.25) is 0 Å². The van der Waals surface area contributed by atoms with Crippen molar-refractivity contribution >= 4 is 11.9 Å². The second kappa shape index (κ2) is 7.14. The van der Waals surface area contributed by atoms with Gasteiger partial charge in [0.25, 0.3) is 5.91 Å². The minimum Gasteiger partial charge on any atom is -0.484 e. The number of rotatable bonds is 6. The molecule has 0 fully saturated rings. The molecule has 0 heterocycles. The van der Waals surface area contributed by atoms with Gasteiger partial charge in [-0.05, 0) is 30.2 Å². The molecule has 106 valence electrons. The predicted octanol–water partition coefficient (Wildman–Crippen LogP) is 1.16. The maximum Gasteiger partial charge on any atom is 0.326 e. The number of benzene rings is 1. The summed E-state index contributed by atoms with van der Waals surface area (Å²) in [4.78, 5) is 22.5. The number of carboxylic acid groups (broad SMARTS) is 1. The summed E-state index contributed by atoms with van der Waals surface area (Å²) >= 11 is 0. The van der Waals surface area contributed by atoms with Crippen molar-refractivity contribution in [3.63, 3.8) is 0 Å². The largest absolute Gasteiger partial charge is 0.484 e. The molecule has 20 heavy (non-hydrogen) atoms. The molecule has 0 saturated carbocycles.